The van der Waals surface area contributed by atoms with E-state index in [1.165, 1.54) is 12.4 Å². The first-order chi connectivity index (χ1) is 6.75. The molecular formula is C7H7N5O2. The van der Waals surface area contributed by atoms with Gasteiger partial charge >= 0.3 is 5.69 Å². The Morgan fingerprint density at radius 2 is 2.29 bits per heavy atom. The Labute approximate surface area is 78.2 Å². The van der Waals surface area contributed by atoms with E-state index >= 15 is 0 Å². The molecule has 0 spiro atoms. The van der Waals surface area contributed by atoms with Crippen molar-refractivity contribution >= 4 is 0 Å². The highest BCUT2D eigenvalue weighted by molar-refractivity contribution is 5.23. The molecule has 2 heterocycles. The van der Waals surface area contributed by atoms with E-state index in [9.17, 15) is 4.79 Å². The molecule has 0 aliphatic rings. The van der Waals surface area contributed by atoms with Crippen LogP contribution in [0.25, 0.3) is 0 Å². The quantitative estimate of drug-likeness (QED) is 0.699. The van der Waals surface area contributed by atoms with Crippen LogP contribution in [0.1, 0.15) is 5.56 Å². The number of hydrogen-bond acceptors (Lipinski definition) is 5. The van der Waals surface area contributed by atoms with Crippen molar-refractivity contribution in [2.24, 2.45) is 0 Å². The lowest BCUT2D eigenvalue weighted by Gasteiger charge is -2.02. The molecule has 14 heavy (non-hydrogen) atoms. The number of ether oxygens (including phenoxy) is 1. The fourth-order valence-electron chi connectivity index (χ4n) is 0.893. The zero-order chi connectivity index (χ0) is 9.97. The van der Waals surface area contributed by atoms with Crippen LogP contribution >= 0.6 is 0 Å². The van der Waals surface area contributed by atoms with Gasteiger partial charge in [0.25, 0.3) is 5.88 Å². The normalized spacial score (nSPS) is 10.1. The molecule has 0 atom stereocenters. The number of aromatic nitrogens is 5. The van der Waals surface area contributed by atoms with Gasteiger partial charge in [0.15, 0.2) is 0 Å². The molecule has 0 unspecified atom stereocenters. The van der Waals surface area contributed by atoms with Crippen LogP contribution in [0, 0.1) is 6.92 Å². The Balaban J connectivity index is 2.33. The van der Waals surface area contributed by atoms with Gasteiger partial charge in [-0.1, -0.05) is 0 Å². The second-order valence-electron chi connectivity index (χ2n) is 2.61. The van der Waals surface area contributed by atoms with E-state index in [-0.39, 0.29) is 5.88 Å². The summed E-state index contributed by atoms with van der Waals surface area (Å²) in [6.45, 7) is 1.76. The van der Waals surface area contributed by atoms with Crippen LogP contribution in [0.3, 0.4) is 0 Å². The molecule has 2 aromatic heterocycles. The summed E-state index contributed by atoms with van der Waals surface area (Å²) in [4.78, 5) is 16.9. The molecule has 7 nitrogen and oxygen atoms in total. The number of aromatic amines is 2. The zero-order valence-corrected chi connectivity index (χ0v) is 7.31. The van der Waals surface area contributed by atoms with Crippen LogP contribution < -0.4 is 10.4 Å². The molecule has 7 heteroatoms. The van der Waals surface area contributed by atoms with Gasteiger partial charge < -0.3 is 4.74 Å². The molecule has 2 aromatic rings. The first-order valence-electron chi connectivity index (χ1n) is 3.85. The molecule has 0 saturated carbocycles. The Hall–Kier alpha value is -2.18. The Kier molecular flexibility index (Phi) is 1.98. The van der Waals surface area contributed by atoms with Crippen LogP contribution in [0.2, 0.25) is 0 Å². The average Bonchev–Trinajstić information content (AvgIpc) is 2.64. The van der Waals surface area contributed by atoms with Crippen molar-refractivity contribution in [3.63, 3.8) is 0 Å². The molecule has 0 aliphatic heterocycles. The summed E-state index contributed by atoms with van der Waals surface area (Å²) >= 11 is 0. The molecule has 0 aromatic carbocycles. The summed E-state index contributed by atoms with van der Waals surface area (Å²) in [5.74, 6) is 0.605. The van der Waals surface area contributed by atoms with Crippen LogP contribution in [0.5, 0.6) is 11.8 Å². The molecule has 0 amide bonds. The average molecular weight is 193 g/mol. The molecule has 0 radical (unpaired) electrons. The van der Waals surface area contributed by atoms with Crippen molar-refractivity contribution in [2.45, 2.75) is 6.92 Å². The minimum atomic E-state index is -0.464. The highest BCUT2D eigenvalue weighted by Crippen LogP contribution is 2.16. The number of H-pyrrole nitrogens is 2. The molecule has 0 fully saturated rings. The second-order valence-corrected chi connectivity index (χ2v) is 2.61. The van der Waals surface area contributed by atoms with Gasteiger partial charge in [0.1, 0.15) is 6.20 Å². The minimum absolute atomic E-state index is 0.287. The third-order valence-corrected chi connectivity index (χ3v) is 1.55. The molecule has 0 aliphatic carbocycles. The van der Waals surface area contributed by atoms with Crippen molar-refractivity contribution in [1.29, 1.82) is 0 Å². The summed E-state index contributed by atoms with van der Waals surface area (Å²) in [6, 6.07) is 0. The van der Waals surface area contributed by atoms with Crippen molar-refractivity contribution in [3.05, 3.63) is 28.4 Å². The molecule has 72 valence electrons. The molecule has 2 rings (SSSR count). The molecule has 0 bridgehead atoms. The van der Waals surface area contributed by atoms with E-state index in [2.05, 4.69) is 25.4 Å². The van der Waals surface area contributed by atoms with E-state index in [0.717, 1.165) is 0 Å². The van der Waals surface area contributed by atoms with Crippen LogP contribution in [-0.4, -0.2) is 25.4 Å². The van der Waals surface area contributed by atoms with Crippen LogP contribution in [0.4, 0.5) is 0 Å². The minimum Gasteiger partial charge on any atom is -0.419 e. The van der Waals surface area contributed by atoms with Crippen molar-refractivity contribution in [2.75, 3.05) is 0 Å². The Morgan fingerprint density at radius 1 is 1.43 bits per heavy atom. The van der Waals surface area contributed by atoms with Gasteiger partial charge in [-0.25, -0.2) is 9.78 Å². The maximum atomic E-state index is 10.9. The standard InChI is InChI=1S/C7H7N5O2/c1-4-2-8-7(13)10-6(4)14-5-3-9-12-11-5/h2-3H,1H3,(H,8,10,13)(H,9,11,12). The lowest BCUT2D eigenvalue weighted by atomic mass is 10.4. The smallest absolute Gasteiger partial charge is 0.347 e. The van der Waals surface area contributed by atoms with Gasteiger partial charge in [-0.3, -0.25) is 4.98 Å². The van der Waals surface area contributed by atoms with Crippen LogP contribution in [0.15, 0.2) is 17.2 Å². The molecule has 2 N–H and O–H groups in total. The molecule has 0 saturated heterocycles. The highest BCUT2D eigenvalue weighted by Gasteiger charge is 2.04. The summed E-state index contributed by atoms with van der Waals surface area (Å²) in [7, 11) is 0. The fourth-order valence-corrected chi connectivity index (χ4v) is 0.893. The topological polar surface area (TPSA) is 96.5 Å². The summed E-state index contributed by atoms with van der Waals surface area (Å²) in [5.41, 5.74) is 0.252. The largest absolute Gasteiger partial charge is 0.419 e. The molecular weight excluding hydrogens is 186 g/mol. The number of rotatable bonds is 2. The van der Waals surface area contributed by atoms with E-state index in [0.29, 0.717) is 11.4 Å². The van der Waals surface area contributed by atoms with E-state index in [4.69, 9.17) is 4.74 Å². The van der Waals surface area contributed by atoms with Gasteiger partial charge in [0, 0.05) is 11.8 Å². The predicted molar refractivity (Wildman–Crippen MR) is 46.1 cm³/mol. The van der Waals surface area contributed by atoms with Crippen molar-refractivity contribution in [3.8, 4) is 11.8 Å². The lowest BCUT2D eigenvalue weighted by molar-refractivity contribution is 0.436. The fraction of sp³-hybridized carbons (Fsp3) is 0.143. The zero-order valence-electron chi connectivity index (χ0n) is 7.31. The first-order valence-corrected chi connectivity index (χ1v) is 3.85. The SMILES string of the molecule is Cc1cnc(=O)[nH]c1Oc1cn[nH]n1. The summed E-state index contributed by atoms with van der Waals surface area (Å²) in [5, 5.41) is 9.63. The number of hydrogen-bond donors (Lipinski definition) is 2. The van der Waals surface area contributed by atoms with E-state index in [1.807, 2.05) is 0 Å². The van der Waals surface area contributed by atoms with Gasteiger partial charge in [0.05, 0.1) is 0 Å². The van der Waals surface area contributed by atoms with Gasteiger partial charge in [-0.05, 0) is 6.92 Å². The maximum Gasteiger partial charge on any atom is 0.347 e. The maximum absolute atomic E-state index is 10.9. The number of nitrogens with one attached hydrogen (secondary N) is 2. The third kappa shape index (κ3) is 1.60. The van der Waals surface area contributed by atoms with E-state index in [1.54, 1.807) is 6.92 Å². The number of aryl methyl sites for hydroxylation is 1. The van der Waals surface area contributed by atoms with Crippen LogP contribution in [-0.2, 0) is 0 Å². The van der Waals surface area contributed by atoms with Gasteiger partial charge in [-0.15, -0.1) is 5.10 Å². The third-order valence-electron chi connectivity index (χ3n) is 1.55. The van der Waals surface area contributed by atoms with Crippen molar-refractivity contribution < 1.29 is 4.74 Å². The Bertz CT molecular complexity index is 475. The highest BCUT2D eigenvalue weighted by atomic mass is 16.5. The van der Waals surface area contributed by atoms with Crippen molar-refractivity contribution in [1.82, 2.24) is 25.4 Å². The predicted octanol–water partition coefficient (Wildman–Crippen LogP) is -0.0113. The number of nitrogens with zero attached hydrogens (tertiary/aromatic N) is 3. The summed E-state index contributed by atoms with van der Waals surface area (Å²) in [6.07, 6.45) is 2.83. The van der Waals surface area contributed by atoms with E-state index < -0.39 is 5.69 Å². The summed E-state index contributed by atoms with van der Waals surface area (Å²) < 4.78 is 5.23. The van der Waals surface area contributed by atoms with Gasteiger partial charge in [-0.2, -0.15) is 10.3 Å². The first kappa shape index (κ1) is 8.42. The Morgan fingerprint density at radius 3 is 3.00 bits per heavy atom. The lowest BCUT2D eigenvalue weighted by Crippen LogP contribution is -2.11. The monoisotopic (exact) mass is 193 g/mol. The second kappa shape index (κ2) is 3.29. The van der Waals surface area contributed by atoms with Gasteiger partial charge in [0.2, 0.25) is 5.88 Å².